The lowest BCUT2D eigenvalue weighted by molar-refractivity contribution is -0.139. The second-order valence-corrected chi connectivity index (χ2v) is 9.01. The van der Waals surface area contributed by atoms with Crippen LogP contribution in [-0.4, -0.2) is 39.7 Å². The lowest BCUT2D eigenvalue weighted by atomic mass is 9.71. The van der Waals surface area contributed by atoms with Gasteiger partial charge in [0.25, 0.3) is 0 Å². The molecule has 1 aliphatic carbocycles. The van der Waals surface area contributed by atoms with E-state index in [4.69, 9.17) is 18.9 Å². The summed E-state index contributed by atoms with van der Waals surface area (Å²) in [6, 6.07) is 13.3. The highest BCUT2D eigenvalue weighted by atomic mass is 16.5. The molecule has 36 heavy (non-hydrogen) atoms. The topological polar surface area (TPSA) is 83.1 Å². The van der Waals surface area contributed by atoms with Crippen molar-refractivity contribution in [2.24, 2.45) is 0 Å². The van der Waals surface area contributed by atoms with Gasteiger partial charge in [-0.3, -0.25) is 4.79 Å². The number of hydrogen-bond donors (Lipinski definition) is 1. The average Bonchev–Trinajstić information content (AvgIpc) is 2.90. The number of methoxy groups -OCH3 is 3. The molecule has 2 unspecified atom stereocenters. The van der Waals surface area contributed by atoms with Gasteiger partial charge < -0.3 is 24.3 Å². The minimum Gasteiger partial charge on any atom is -0.496 e. The Labute approximate surface area is 212 Å². The normalized spacial score (nSPS) is 19.4. The van der Waals surface area contributed by atoms with Crippen molar-refractivity contribution in [3.63, 3.8) is 0 Å². The quantitative estimate of drug-likeness (QED) is 0.519. The van der Waals surface area contributed by atoms with Crippen molar-refractivity contribution in [2.45, 2.75) is 44.9 Å². The summed E-state index contributed by atoms with van der Waals surface area (Å²) in [5, 5.41) is 3.39. The molecule has 0 amide bonds. The van der Waals surface area contributed by atoms with E-state index in [2.05, 4.69) is 5.32 Å². The van der Waals surface area contributed by atoms with Crippen LogP contribution < -0.4 is 19.5 Å². The van der Waals surface area contributed by atoms with Crippen molar-refractivity contribution < 1.29 is 28.5 Å². The highest BCUT2D eigenvalue weighted by Crippen LogP contribution is 2.47. The van der Waals surface area contributed by atoms with Crippen molar-refractivity contribution >= 4 is 11.8 Å². The zero-order valence-corrected chi connectivity index (χ0v) is 21.5. The van der Waals surface area contributed by atoms with Gasteiger partial charge in [-0.25, -0.2) is 4.79 Å². The molecule has 2 aromatic rings. The molecule has 2 atom stereocenters. The molecule has 1 aliphatic heterocycles. The zero-order valence-electron chi connectivity index (χ0n) is 21.5. The maximum Gasteiger partial charge on any atom is 0.336 e. The lowest BCUT2D eigenvalue weighted by Gasteiger charge is -2.37. The van der Waals surface area contributed by atoms with E-state index in [1.807, 2.05) is 50.2 Å². The number of nitrogens with one attached hydrogen (secondary N) is 1. The third-order valence-electron chi connectivity index (χ3n) is 6.80. The van der Waals surface area contributed by atoms with Gasteiger partial charge in [0, 0.05) is 35.2 Å². The van der Waals surface area contributed by atoms with Gasteiger partial charge in [0.2, 0.25) is 0 Å². The van der Waals surface area contributed by atoms with E-state index < -0.39 is 11.9 Å². The molecule has 2 aromatic carbocycles. The van der Waals surface area contributed by atoms with Crippen LogP contribution in [0, 0.1) is 0 Å². The second kappa shape index (κ2) is 10.9. The zero-order chi connectivity index (χ0) is 25.8. The number of esters is 1. The van der Waals surface area contributed by atoms with Crippen LogP contribution in [0.2, 0.25) is 0 Å². The molecule has 7 heteroatoms. The Bertz CT molecular complexity index is 1230. The Morgan fingerprint density at radius 3 is 2.39 bits per heavy atom. The molecule has 0 saturated heterocycles. The van der Waals surface area contributed by atoms with Gasteiger partial charge in [-0.2, -0.15) is 0 Å². The highest BCUT2D eigenvalue weighted by molar-refractivity contribution is 6.04. The number of ether oxygens (including phenoxy) is 4. The molecule has 1 N–H and O–H groups in total. The number of carbonyl (C=O) groups excluding carboxylic acids is 2. The van der Waals surface area contributed by atoms with Crippen LogP contribution in [0.5, 0.6) is 17.2 Å². The Balaban J connectivity index is 1.82. The molecule has 0 bridgehead atoms. The van der Waals surface area contributed by atoms with Crippen molar-refractivity contribution in [3.05, 3.63) is 76.1 Å². The fraction of sp³-hybridized carbons (Fsp3) is 0.379. The second-order valence-electron chi connectivity index (χ2n) is 9.01. The molecular formula is C29H33NO6. The van der Waals surface area contributed by atoms with Crippen LogP contribution in [0.1, 0.15) is 56.1 Å². The number of Topliss-reactive ketones (excluding diaryl/α,β-unsaturated/α-hetero) is 1. The molecule has 0 radical (unpaired) electrons. The van der Waals surface area contributed by atoms with E-state index in [1.165, 1.54) is 0 Å². The molecule has 0 spiro atoms. The van der Waals surface area contributed by atoms with Gasteiger partial charge in [-0.05, 0) is 49.1 Å². The summed E-state index contributed by atoms with van der Waals surface area (Å²) in [4.78, 5) is 27.0. The first-order valence-electron chi connectivity index (χ1n) is 12.2. The van der Waals surface area contributed by atoms with Gasteiger partial charge >= 0.3 is 5.97 Å². The van der Waals surface area contributed by atoms with Crippen LogP contribution >= 0.6 is 0 Å². The number of para-hydroxylation sites is 1. The predicted molar refractivity (Wildman–Crippen MR) is 136 cm³/mol. The molecule has 0 fully saturated rings. The first kappa shape index (κ1) is 25.4. The number of allylic oxidation sites excluding steroid dienone is 3. The van der Waals surface area contributed by atoms with Gasteiger partial charge in [0.05, 0.1) is 33.5 Å². The van der Waals surface area contributed by atoms with Gasteiger partial charge in [0.1, 0.15) is 5.75 Å². The number of ketones is 1. The average molecular weight is 492 g/mol. The predicted octanol–water partition coefficient (Wildman–Crippen LogP) is 5.03. The standard InChI is InChI=1S/C29H33NO6/c1-6-13-36-29(32)26-17(2)30-21-14-19(20-9-7-8-10-23(20)33-3)15-22(31)28(21)27(26)18-11-12-24(34-4)25(16-18)35-5/h7-12,16,19,27,30H,6,13-15H2,1-5H3. The third kappa shape index (κ3) is 4.70. The minimum absolute atomic E-state index is 0.00673. The SMILES string of the molecule is CCCOC(=O)C1=C(C)NC2=C(C(=O)CC(c3ccccc3OC)C2)C1c1ccc(OC)c(OC)c1. The molecule has 4 rings (SSSR count). The van der Waals surface area contributed by atoms with E-state index in [0.717, 1.165) is 22.6 Å². The number of hydrogen-bond acceptors (Lipinski definition) is 7. The molecule has 190 valence electrons. The fourth-order valence-corrected chi connectivity index (χ4v) is 5.17. The molecule has 0 aromatic heterocycles. The Morgan fingerprint density at radius 1 is 0.972 bits per heavy atom. The number of carbonyl (C=O) groups is 2. The molecule has 1 heterocycles. The summed E-state index contributed by atoms with van der Waals surface area (Å²) in [7, 11) is 4.78. The van der Waals surface area contributed by atoms with Gasteiger partial charge in [-0.1, -0.05) is 31.2 Å². The molecular weight excluding hydrogens is 458 g/mol. The largest absolute Gasteiger partial charge is 0.496 e. The summed E-state index contributed by atoms with van der Waals surface area (Å²) in [6.45, 7) is 4.12. The maximum atomic E-state index is 13.8. The summed E-state index contributed by atoms with van der Waals surface area (Å²) >= 11 is 0. The van der Waals surface area contributed by atoms with Crippen LogP contribution in [0.3, 0.4) is 0 Å². The molecule has 7 nitrogen and oxygen atoms in total. The first-order valence-corrected chi connectivity index (χ1v) is 12.2. The highest BCUT2D eigenvalue weighted by Gasteiger charge is 2.42. The third-order valence-corrected chi connectivity index (χ3v) is 6.80. The van der Waals surface area contributed by atoms with Gasteiger partial charge in [0.15, 0.2) is 17.3 Å². The number of dihydropyridines is 1. The van der Waals surface area contributed by atoms with Gasteiger partial charge in [-0.15, -0.1) is 0 Å². The molecule has 0 saturated carbocycles. The summed E-state index contributed by atoms with van der Waals surface area (Å²) in [6.07, 6.45) is 1.65. The van der Waals surface area contributed by atoms with Crippen LogP contribution in [0.4, 0.5) is 0 Å². The van der Waals surface area contributed by atoms with Crippen LogP contribution in [0.25, 0.3) is 0 Å². The summed E-state index contributed by atoms with van der Waals surface area (Å²) in [5.41, 5.74) is 4.32. The monoisotopic (exact) mass is 491 g/mol. The minimum atomic E-state index is -0.573. The number of rotatable bonds is 8. The fourth-order valence-electron chi connectivity index (χ4n) is 5.17. The van der Waals surface area contributed by atoms with E-state index in [-0.39, 0.29) is 11.7 Å². The van der Waals surface area contributed by atoms with Crippen LogP contribution in [-0.2, 0) is 14.3 Å². The van der Waals surface area contributed by atoms with Crippen molar-refractivity contribution in [1.82, 2.24) is 5.32 Å². The Morgan fingerprint density at radius 2 is 1.69 bits per heavy atom. The summed E-state index contributed by atoms with van der Waals surface area (Å²) in [5.74, 6) is 0.836. The van der Waals surface area contributed by atoms with Crippen molar-refractivity contribution in [3.8, 4) is 17.2 Å². The van der Waals surface area contributed by atoms with Crippen LogP contribution in [0.15, 0.2) is 65.0 Å². The summed E-state index contributed by atoms with van der Waals surface area (Å²) < 4.78 is 22.1. The lowest BCUT2D eigenvalue weighted by Crippen LogP contribution is -2.36. The Kier molecular flexibility index (Phi) is 7.67. The smallest absolute Gasteiger partial charge is 0.336 e. The van der Waals surface area contributed by atoms with E-state index in [1.54, 1.807) is 27.4 Å². The van der Waals surface area contributed by atoms with E-state index in [0.29, 0.717) is 54.2 Å². The maximum absolute atomic E-state index is 13.8. The molecule has 2 aliphatic rings. The first-order chi connectivity index (χ1) is 17.4. The number of benzene rings is 2. The van der Waals surface area contributed by atoms with Crippen molar-refractivity contribution in [2.75, 3.05) is 27.9 Å². The van der Waals surface area contributed by atoms with Crippen molar-refractivity contribution in [1.29, 1.82) is 0 Å². The Hall–Kier alpha value is -3.74. The van der Waals surface area contributed by atoms with E-state index in [9.17, 15) is 9.59 Å². The van der Waals surface area contributed by atoms with E-state index >= 15 is 0 Å².